The molecule has 1 atom stereocenters. The second kappa shape index (κ2) is 6.59. The number of H-pyrrole nitrogens is 2. The van der Waals surface area contributed by atoms with Crippen LogP contribution in [0, 0.1) is 0 Å². The van der Waals surface area contributed by atoms with Gasteiger partial charge in [0.1, 0.15) is 5.78 Å². The number of benzene rings is 1. The van der Waals surface area contributed by atoms with E-state index in [0.29, 0.717) is 28.2 Å². The molecule has 126 valence electrons. The zero-order valence-electron chi connectivity index (χ0n) is 12.5. The van der Waals surface area contributed by atoms with Crippen LogP contribution in [0.1, 0.15) is 19.4 Å². The molecule has 1 unspecified atom stereocenters. The number of hydrogen-bond acceptors (Lipinski definition) is 4. The molecule has 4 N–H and O–H groups in total. The Balaban J connectivity index is 2.54. The van der Waals surface area contributed by atoms with Gasteiger partial charge in [0.2, 0.25) is 0 Å². The van der Waals surface area contributed by atoms with Crippen molar-refractivity contribution in [1.29, 1.82) is 0 Å². The van der Waals surface area contributed by atoms with Crippen LogP contribution in [0.15, 0.2) is 21.7 Å². The number of aromatic nitrogens is 2. The van der Waals surface area contributed by atoms with Gasteiger partial charge >= 0.3 is 18.7 Å². The largest absolute Gasteiger partial charge is 0.342 e. The van der Waals surface area contributed by atoms with E-state index in [1.807, 2.05) is 0 Å². The minimum absolute atomic E-state index is 0.155. The number of fused-ring (bicyclic) bond motifs is 1. The zero-order chi connectivity index (χ0) is 17.4. The third-order valence-corrected chi connectivity index (χ3v) is 5.19. The van der Waals surface area contributed by atoms with Gasteiger partial charge in [-0.3, -0.25) is 19.1 Å². The van der Waals surface area contributed by atoms with Crippen LogP contribution in [-0.4, -0.2) is 37.0 Å². The Morgan fingerprint density at radius 2 is 1.87 bits per heavy atom. The van der Waals surface area contributed by atoms with Gasteiger partial charge in [0.05, 0.1) is 11.0 Å². The summed E-state index contributed by atoms with van der Waals surface area (Å²) in [6, 6.07) is 3.09. The molecule has 8 nitrogen and oxygen atoms in total. The topological polar surface area (TPSA) is 126 Å². The van der Waals surface area contributed by atoms with E-state index in [9.17, 15) is 23.9 Å². The molecule has 2 rings (SSSR count). The molecule has 1 aromatic carbocycles. The molecule has 10 heteroatoms. The van der Waals surface area contributed by atoms with Gasteiger partial charge < -0.3 is 19.8 Å². The summed E-state index contributed by atoms with van der Waals surface area (Å²) >= 11 is 6.03. The van der Waals surface area contributed by atoms with E-state index in [1.165, 1.54) is 13.0 Å². The van der Waals surface area contributed by atoms with Gasteiger partial charge in [-0.2, -0.15) is 0 Å². The van der Waals surface area contributed by atoms with Gasteiger partial charge in [0, 0.05) is 11.6 Å². The quantitative estimate of drug-likeness (QED) is 0.468. The van der Waals surface area contributed by atoms with Crippen molar-refractivity contribution in [1.82, 2.24) is 14.9 Å². The minimum atomic E-state index is -4.29. The highest BCUT2D eigenvalue weighted by Crippen LogP contribution is 2.43. The molecule has 0 radical (unpaired) electrons. The molecule has 1 aromatic heterocycles. The first-order valence-corrected chi connectivity index (χ1v) is 8.93. The lowest BCUT2D eigenvalue weighted by Gasteiger charge is -2.28. The third kappa shape index (κ3) is 3.91. The highest BCUT2D eigenvalue weighted by atomic mass is 35.5. The summed E-state index contributed by atoms with van der Waals surface area (Å²) in [5, 5.41) is 0.343. The minimum Gasteiger partial charge on any atom is -0.323 e. The van der Waals surface area contributed by atoms with Crippen molar-refractivity contribution in [3.63, 3.8) is 0 Å². The van der Waals surface area contributed by atoms with Crippen molar-refractivity contribution in [2.24, 2.45) is 0 Å². The second-order valence-electron chi connectivity index (χ2n) is 5.18. The Morgan fingerprint density at radius 3 is 2.43 bits per heavy atom. The van der Waals surface area contributed by atoms with Gasteiger partial charge in [-0.1, -0.05) is 18.5 Å². The van der Waals surface area contributed by atoms with Crippen LogP contribution >= 0.6 is 19.2 Å². The van der Waals surface area contributed by atoms with Gasteiger partial charge in [-0.25, -0.2) is 0 Å². The van der Waals surface area contributed by atoms with Crippen molar-refractivity contribution >= 4 is 30.2 Å². The Kier molecular flexibility index (Phi) is 5.13. The van der Waals surface area contributed by atoms with Crippen molar-refractivity contribution in [2.45, 2.75) is 26.2 Å². The van der Waals surface area contributed by atoms with Crippen LogP contribution in [-0.2, 0) is 11.1 Å². The van der Waals surface area contributed by atoms with Crippen molar-refractivity contribution < 1.29 is 14.4 Å². The predicted molar refractivity (Wildman–Crippen MR) is 87.8 cm³/mol. The summed E-state index contributed by atoms with van der Waals surface area (Å²) in [6.45, 7) is 3.74. The number of nitrogens with one attached hydrogen (secondary N) is 2. The Hall–Kier alpha value is -1.44. The van der Waals surface area contributed by atoms with Crippen molar-refractivity contribution in [3.05, 3.63) is 43.4 Å². The summed E-state index contributed by atoms with van der Waals surface area (Å²) in [6.07, 6.45) is 0. The summed E-state index contributed by atoms with van der Waals surface area (Å²) < 4.78 is 11.5. The number of hydrogen-bond donors (Lipinski definition) is 4. The lowest BCUT2D eigenvalue weighted by Crippen LogP contribution is -2.33. The fourth-order valence-corrected chi connectivity index (χ4v) is 3.23. The highest BCUT2D eigenvalue weighted by molar-refractivity contribution is 7.52. The average molecular weight is 362 g/mol. The maximum Gasteiger partial charge on any atom is 0.342 e. The maximum atomic E-state index is 11.5. The molecular weight excluding hydrogens is 345 g/mol. The smallest absolute Gasteiger partial charge is 0.323 e. The van der Waals surface area contributed by atoms with E-state index in [1.54, 1.807) is 17.9 Å². The Morgan fingerprint density at radius 1 is 1.26 bits per heavy atom. The van der Waals surface area contributed by atoms with E-state index in [2.05, 4.69) is 9.97 Å². The van der Waals surface area contributed by atoms with E-state index in [-0.39, 0.29) is 6.54 Å². The normalized spacial score (nSPS) is 13.7. The van der Waals surface area contributed by atoms with E-state index >= 15 is 0 Å². The van der Waals surface area contributed by atoms with Crippen LogP contribution in [0.4, 0.5) is 0 Å². The van der Waals surface area contributed by atoms with E-state index in [4.69, 9.17) is 11.6 Å². The van der Waals surface area contributed by atoms with Crippen molar-refractivity contribution in [3.8, 4) is 0 Å². The van der Waals surface area contributed by atoms with Gasteiger partial charge in [0.15, 0.2) is 0 Å². The van der Waals surface area contributed by atoms with Crippen LogP contribution in [0.5, 0.6) is 0 Å². The Labute approximate surface area is 136 Å². The van der Waals surface area contributed by atoms with Gasteiger partial charge in [0.25, 0.3) is 0 Å². The summed E-state index contributed by atoms with van der Waals surface area (Å²) in [4.78, 5) is 48.2. The first-order chi connectivity index (χ1) is 10.6. The van der Waals surface area contributed by atoms with Crippen LogP contribution in [0.3, 0.4) is 0 Å². The van der Waals surface area contributed by atoms with Gasteiger partial charge in [-0.05, 0) is 31.2 Å². The van der Waals surface area contributed by atoms with Gasteiger partial charge in [-0.15, -0.1) is 0 Å². The zero-order valence-corrected chi connectivity index (χ0v) is 14.2. The molecule has 0 saturated heterocycles. The molecule has 0 saturated carbocycles. The fraction of sp³-hybridized carbons (Fsp3) is 0.385. The van der Waals surface area contributed by atoms with Crippen LogP contribution < -0.4 is 11.1 Å². The molecule has 1 heterocycles. The molecule has 2 aromatic rings. The lowest BCUT2D eigenvalue weighted by molar-refractivity contribution is 0.226. The summed E-state index contributed by atoms with van der Waals surface area (Å²) in [5.74, 6) is -0.990. The summed E-state index contributed by atoms with van der Waals surface area (Å²) in [7, 11) is -4.29. The number of aromatic amines is 2. The SMILES string of the molecule is CCN(Cc1cc(Cl)cc2[nH]c(=O)c(=O)[nH]c12)C(C)P(=O)(O)O. The molecule has 0 aliphatic carbocycles. The lowest BCUT2D eigenvalue weighted by atomic mass is 10.1. The summed E-state index contributed by atoms with van der Waals surface area (Å²) in [5.41, 5.74) is -0.288. The number of halogens is 1. The first kappa shape index (κ1) is 17.9. The average Bonchev–Trinajstić information content (AvgIpc) is 2.44. The maximum absolute atomic E-state index is 11.5. The molecule has 23 heavy (non-hydrogen) atoms. The predicted octanol–water partition coefficient (Wildman–Crippen LogP) is 1.22. The number of nitrogens with zero attached hydrogens (tertiary/aromatic N) is 1. The van der Waals surface area contributed by atoms with Crippen molar-refractivity contribution in [2.75, 3.05) is 6.54 Å². The van der Waals surface area contributed by atoms with E-state index < -0.39 is 24.5 Å². The standard InChI is InChI=1S/C13H17ClN3O5P/c1-3-17(7(2)23(20,21)22)6-8-4-9(14)5-10-11(8)16-13(19)12(18)15-10/h4-5,7H,3,6H2,1-2H3,(H,15,18)(H,16,19)(H2,20,21,22). The molecule has 0 aliphatic heterocycles. The second-order valence-corrected chi connectivity index (χ2v) is 7.54. The molecular formula is C13H17ClN3O5P. The first-order valence-electron chi connectivity index (χ1n) is 6.87. The van der Waals surface area contributed by atoms with Crippen LogP contribution in [0.25, 0.3) is 11.0 Å². The van der Waals surface area contributed by atoms with Crippen LogP contribution in [0.2, 0.25) is 5.02 Å². The molecule has 0 amide bonds. The molecule has 0 bridgehead atoms. The monoisotopic (exact) mass is 361 g/mol. The Bertz CT molecular complexity index is 887. The fourth-order valence-electron chi connectivity index (χ4n) is 2.32. The molecule has 0 fully saturated rings. The molecule has 0 spiro atoms. The number of rotatable bonds is 5. The highest BCUT2D eigenvalue weighted by Gasteiger charge is 2.29. The van der Waals surface area contributed by atoms with E-state index in [0.717, 1.165) is 0 Å². The molecule has 0 aliphatic rings. The third-order valence-electron chi connectivity index (χ3n) is 3.67.